The number of hydrogen-bond acceptors (Lipinski definition) is 5. The summed E-state index contributed by atoms with van der Waals surface area (Å²) in [6, 6.07) is 1.84. The summed E-state index contributed by atoms with van der Waals surface area (Å²) < 4.78 is 22.3. The molecule has 20 heavy (non-hydrogen) atoms. The van der Waals surface area contributed by atoms with E-state index >= 15 is 0 Å². The van der Waals surface area contributed by atoms with Crippen molar-refractivity contribution < 1.29 is 18.6 Å². The van der Waals surface area contributed by atoms with Gasteiger partial charge in [0, 0.05) is 11.6 Å². The average Bonchev–Trinajstić information content (AvgIpc) is 2.82. The maximum Gasteiger partial charge on any atom is 0.204 e. The Balaban J connectivity index is 2.81. The van der Waals surface area contributed by atoms with E-state index in [1.165, 1.54) is 0 Å². The highest BCUT2D eigenvalue weighted by molar-refractivity contribution is 5.93. The van der Waals surface area contributed by atoms with E-state index in [4.69, 9.17) is 18.6 Å². The predicted octanol–water partition coefficient (Wildman–Crippen LogP) is 2.74. The lowest BCUT2D eigenvalue weighted by atomic mass is 10.1. The first-order valence-electron chi connectivity index (χ1n) is 6.59. The quantitative estimate of drug-likeness (QED) is 0.881. The third-order valence-electron chi connectivity index (χ3n) is 3.36. The van der Waals surface area contributed by atoms with E-state index in [2.05, 4.69) is 12.2 Å². The second-order valence-corrected chi connectivity index (χ2v) is 4.41. The predicted molar refractivity (Wildman–Crippen MR) is 78.0 cm³/mol. The van der Waals surface area contributed by atoms with E-state index in [0.717, 1.165) is 28.7 Å². The Morgan fingerprint density at radius 3 is 2.30 bits per heavy atom. The smallest absolute Gasteiger partial charge is 0.204 e. The molecule has 1 aromatic heterocycles. The number of benzene rings is 1. The van der Waals surface area contributed by atoms with Crippen LogP contribution in [0.3, 0.4) is 0 Å². The SMILES string of the molecule is CCc1c(CNC)oc2cc(OC)c(OC)c(OC)c12. The summed E-state index contributed by atoms with van der Waals surface area (Å²) >= 11 is 0. The molecule has 0 saturated carbocycles. The summed E-state index contributed by atoms with van der Waals surface area (Å²) in [6.45, 7) is 2.77. The van der Waals surface area contributed by atoms with Crippen LogP contribution in [0, 0.1) is 0 Å². The van der Waals surface area contributed by atoms with Crippen LogP contribution < -0.4 is 19.5 Å². The summed E-state index contributed by atoms with van der Waals surface area (Å²) in [4.78, 5) is 0. The van der Waals surface area contributed by atoms with Crippen molar-refractivity contribution in [2.45, 2.75) is 19.9 Å². The van der Waals surface area contributed by atoms with Gasteiger partial charge in [-0.2, -0.15) is 0 Å². The number of hydrogen-bond donors (Lipinski definition) is 1. The van der Waals surface area contributed by atoms with Crippen molar-refractivity contribution in [3.63, 3.8) is 0 Å². The van der Waals surface area contributed by atoms with Crippen LogP contribution in [0.2, 0.25) is 0 Å². The Morgan fingerprint density at radius 2 is 1.80 bits per heavy atom. The molecular formula is C15H21NO4. The van der Waals surface area contributed by atoms with Crippen LogP contribution in [-0.2, 0) is 13.0 Å². The zero-order chi connectivity index (χ0) is 14.7. The normalized spacial score (nSPS) is 10.8. The molecule has 0 saturated heterocycles. The first-order chi connectivity index (χ1) is 9.71. The number of ether oxygens (including phenoxy) is 3. The van der Waals surface area contributed by atoms with Gasteiger partial charge >= 0.3 is 0 Å². The van der Waals surface area contributed by atoms with Crippen LogP contribution in [0.5, 0.6) is 17.2 Å². The van der Waals surface area contributed by atoms with E-state index in [1.54, 1.807) is 21.3 Å². The van der Waals surface area contributed by atoms with Gasteiger partial charge in [-0.15, -0.1) is 0 Å². The van der Waals surface area contributed by atoms with Crippen molar-refractivity contribution in [1.29, 1.82) is 0 Å². The maximum atomic E-state index is 5.94. The lowest BCUT2D eigenvalue weighted by Crippen LogP contribution is -2.05. The Hall–Kier alpha value is -1.88. The van der Waals surface area contributed by atoms with Gasteiger partial charge in [-0.05, 0) is 13.5 Å². The molecule has 0 atom stereocenters. The lowest BCUT2D eigenvalue weighted by Gasteiger charge is -2.13. The number of rotatable bonds is 6. The molecule has 0 unspecified atom stereocenters. The largest absolute Gasteiger partial charge is 0.493 e. The molecule has 110 valence electrons. The highest BCUT2D eigenvalue weighted by atomic mass is 16.5. The fourth-order valence-electron chi connectivity index (χ4n) is 2.51. The minimum atomic E-state index is 0.592. The van der Waals surface area contributed by atoms with Crippen LogP contribution in [0.25, 0.3) is 11.0 Å². The van der Waals surface area contributed by atoms with Gasteiger partial charge in [-0.25, -0.2) is 0 Å². The van der Waals surface area contributed by atoms with Gasteiger partial charge in [0.15, 0.2) is 11.5 Å². The lowest BCUT2D eigenvalue weighted by molar-refractivity contribution is 0.326. The molecule has 0 aliphatic heterocycles. The van der Waals surface area contributed by atoms with Gasteiger partial charge in [-0.3, -0.25) is 0 Å². The first-order valence-corrected chi connectivity index (χ1v) is 6.59. The van der Waals surface area contributed by atoms with Gasteiger partial charge in [0.2, 0.25) is 5.75 Å². The Kier molecular flexibility index (Phi) is 4.39. The zero-order valence-corrected chi connectivity index (χ0v) is 12.6. The molecule has 0 radical (unpaired) electrons. The van der Waals surface area contributed by atoms with Crippen LogP contribution in [0.15, 0.2) is 10.5 Å². The minimum absolute atomic E-state index is 0.592. The van der Waals surface area contributed by atoms with Crippen molar-refractivity contribution in [3.8, 4) is 17.2 Å². The topological polar surface area (TPSA) is 52.9 Å². The minimum Gasteiger partial charge on any atom is -0.493 e. The van der Waals surface area contributed by atoms with E-state index < -0.39 is 0 Å². The third kappa shape index (κ3) is 2.18. The second-order valence-electron chi connectivity index (χ2n) is 4.41. The number of furan rings is 1. The van der Waals surface area contributed by atoms with Gasteiger partial charge in [0.25, 0.3) is 0 Å². The summed E-state index contributed by atoms with van der Waals surface area (Å²) in [7, 11) is 6.72. The molecule has 0 spiro atoms. The van der Waals surface area contributed by atoms with Gasteiger partial charge in [0.05, 0.1) is 33.3 Å². The summed E-state index contributed by atoms with van der Waals surface area (Å²) in [5, 5.41) is 4.07. The molecule has 2 rings (SSSR count). The Bertz CT molecular complexity index is 604. The van der Waals surface area contributed by atoms with Gasteiger partial charge in [0.1, 0.15) is 11.3 Å². The van der Waals surface area contributed by atoms with Crippen molar-refractivity contribution >= 4 is 11.0 Å². The van der Waals surface area contributed by atoms with E-state index in [1.807, 2.05) is 13.1 Å². The molecule has 1 aromatic carbocycles. The number of fused-ring (bicyclic) bond motifs is 1. The zero-order valence-electron chi connectivity index (χ0n) is 12.6. The van der Waals surface area contributed by atoms with Crippen molar-refractivity contribution in [3.05, 3.63) is 17.4 Å². The van der Waals surface area contributed by atoms with Crippen molar-refractivity contribution in [2.75, 3.05) is 28.4 Å². The van der Waals surface area contributed by atoms with Gasteiger partial charge in [-0.1, -0.05) is 6.92 Å². The number of nitrogens with one attached hydrogen (secondary N) is 1. The summed E-state index contributed by atoms with van der Waals surface area (Å²) in [5.74, 6) is 2.77. The Labute approximate surface area is 118 Å². The third-order valence-corrected chi connectivity index (χ3v) is 3.36. The molecule has 5 nitrogen and oxygen atoms in total. The van der Waals surface area contributed by atoms with E-state index in [9.17, 15) is 0 Å². The highest BCUT2D eigenvalue weighted by Crippen LogP contribution is 2.46. The fourth-order valence-corrected chi connectivity index (χ4v) is 2.51. The van der Waals surface area contributed by atoms with Crippen LogP contribution in [0.4, 0.5) is 0 Å². The Morgan fingerprint density at radius 1 is 1.10 bits per heavy atom. The van der Waals surface area contributed by atoms with Crippen LogP contribution >= 0.6 is 0 Å². The molecule has 0 fully saturated rings. The van der Waals surface area contributed by atoms with Crippen LogP contribution in [-0.4, -0.2) is 28.4 Å². The standard InChI is InChI=1S/C15H21NO4/c1-6-9-12(8-16-2)20-10-7-11(17-3)14(18-4)15(19-5)13(9)10/h7,16H,6,8H2,1-5H3. The second kappa shape index (κ2) is 6.05. The van der Waals surface area contributed by atoms with Crippen LogP contribution in [0.1, 0.15) is 18.2 Å². The molecule has 0 aliphatic carbocycles. The molecule has 0 amide bonds. The summed E-state index contributed by atoms with van der Waals surface area (Å²) in [5.41, 5.74) is 1.88. The number of aryl methyl sites for hydroxylation is 1. The van der Waals surface area contributed by atoms with Crippen molar-refractivity contribution in [1.82, 2.24) is 5.32 Å². The highest BCUT2D eigenvalue weighted by Gasteiger charge is 2.23. The average molecular weight is 279 g/mol. The molecule has 1 heterocycles. The summed E-state index contributed by atoms with van der Waals surface area (Å²) in [6.07, 6.45) is 0.857. The maximum absolute atomic E-state index is 5.94. The molecule has 0 aliphatic rings. The van der Waals surface area contributed by atoms with Crippen molar-refractivity contribution in [2.24, 2.45) is 0 Å². The van der Waals surface area contributed by atoms with E-state index in [-0.39, 0.29) is 0 Å². The molecule has 2 aromatic rings. The molecule has 5 heteroatoms. The van der Waals surface area contributed by atoms with E-state index in [0.29, 0.717) is 23.8 Å². The first kappa shape index (κ1) is 14.5. The van der Waals surface area contributed by atoms with Gasteiger partial charge < -0.3 is 23.9 Å². The molecular weight excluding hydrogens is 258 g/mol. The monoisotopic (exact) mass is 279 g/mol. The number of methoxy groups -OCH3 is 3. The molecule has 0 bridgehead atoms. The fraction of sp³-hybridized carbons (Fsp3) is 0.467. The molecule has 1 N–H and O–H groups in total.